The lowest BCUT2D eigenvalue weighted by Crippen LogP contribution is -2.04. The van der Waals surface area contributed by atoms with Gasteiger partial charge in [0.25, 0.3) is 0 Å². The van der Waals surface area contributed by atoms with Crippen molar-refractivity contribution in [1.29, 1.82) is 0 Å². The molecule has 4 nitrogen and oxygen atoms in total. The van der Waals surface area contributed by atoms with Gasteiger partial charge in [-0.25, -0.2) is 0 Å². The van der Waals surface area contributed by atoms with Gasteiger partial charge in [-0.2, -0.15) is 0 Å². The Kier molecular flexibility index (Phi) is 2.13. The molecule has 18 heavy (non-hydrogen) atoms. The van der Waals surface area contributed by atoms with Crippen LogP contribution in [0.1, 0.15) is 11.5 Å². The van der Waals surface area contributed by atoms with Crippen molar-refractivity contribution in [2.75, 3.05) is 0 Å². The van der Waals surface area contributed by atoms with E-state index in [1.165, 1.54) is 18.2 Å². The molecular weight excluding hydrogens is 232 g/mol. The van der Waals surface area contributed by atoms with Crippen molar-refractivity contribution in [2.45, 2.75) is 13.8 Å². The van der Waals surface area contributed by atoms with Crippen LogP contribution in [0.4, 0.5) is 0 Å². The fourth-order valence-corrected chi connectivity index (χ4v) is 2.05. The molecule has 4 heteroatoms. The molecule has 0 bridgehead atoms. The van der Waals surface area contributed by atoms with Crippen molar-refractivity contribution < 1.29 is 8.83 Å². The van der Waals surface area contributed by atoms with Crippen molar-refractivity contribution in [2.24, 2.45) is 0 Å². The summed E-state index contributed by atoms with van der Waals surface area (Å²) in [7, 11) is 0. The number of hydrogen-bond donors (Lipinski definition) is 0. The van der Waals surface area contributed by atoms with Gasteiger partial charge >= 0.3 is 0 Å². The van der Waals surface area contributed by atoms with Gasteiger partial charge in [-0.3, -0.25) is 9.59 Å². The fraction of sp³-hybridized carbons (Fsp3) is 0.143. The largest absolute Gasteiger partial charge is 0.461 e. The standard InChI is InChI=1S/C14H10O4/c1-7-3-11(15)9-5-10-12(16)4-8(2)18-14(10)6-13(9)17-7/h3-6H,1-2H3. The van der Waals surface area contributed by atoms with E-state index in [0.717, 1.165) is 0 Å². The van der Waals surface area contributed by atoms with Crippen LogP contribution >= 0.6 is 0 Å². The Labute approximate surface area is 101 Å². The van der Waals surface area contributed by atoms with E-state index >= 15 is 0 Å². The molecule has 0 radical (unpaired) electrons. The summed E-state index contributed by atoms with van der Waals surface area (Å²) in [5.74, 6) is 1.06. The molecule has 0 fully saturated rings. The van der Waals surface area contributed by atoms with Gasteiger partial charge in [0.2, 0.25) is 0 Å². The first-order valence-electron chi connectivity index (χ1n) is 5.53. The lowest BCUT2D eigenvalue weighted by molar-refractivity contribution is 0.553. The summed E-state index contributed by atoms with van der Waals surface area (Å²) in [6.07, 6.45) is 0. The van der Waals surface area contributed by atoms with Crippen LogP contribution < -0.4 is 10.9 Å². The van der Waals surface area contributed by atoms with Gasteiger partial charge in [0.05, 0.1) is 10.8 Å². The summed E-state index contributed by atoms with van der Waals surface area (Å²) in [6.45, 7) is 3.41. The number of rotatable bonds is 0. The third-order valence-electron chi connectivity index (χ3n) is 2.82. The summed E-state index contributed by atoms with van der Waals surface area (Å²) >= 11 is 0. The van der Waals surface area contributed by atoms with Gasteiger partial charge in [0.15, 0.2) is 10.9 Å². The van der Waals surface area contributed by atoms with Crippen molar-refractivity contribution in [3.05, 3.63) is 56.2 Å². The molecule has 1 aromatic carbocycles. The maximum Gasteiger partial charge on any atom is 0.192 e. The van der Waals surface area contributed by atoms with E-state index in [9.17, 15) is 9.59 Å². The van der Waals surface area contributed by atoms with Crippen LogP contribution in [0.2, 0.25) is 0 Å². The second kappa shape index (κ2) is 3.57. The topological polar surface area (TPSA) is 60.4 Å². The number of fused-ring (bicyclic) bond motifs is 2. The number of hydrogen-bond acceptors (Lipinski definition) is 4. The van der Waals surface area contributed by atoms with E-state index in [-0.39, 0.29) is 10.9 Å². The lowest BCUT2D eigenvalue weighted by atomic mass is 10.1. The van der Waals surface area contributed by atoms with E-state index in [1.54, 1.807) is 19.9 Å². The second-order valence-corrected chi connectivity index (χ2v) is 4.29. The first kappa shape index (κ1) is 10.8. The first-order valence-corrected chi connectivity index (χ1v) is 5.53. The van der Waals surface area contributed by atoms with Gasteiger partial charge in [-0.05, 0) is 19.9 Å². The van der Waals surface area contributed by atoms with E-state index < -0.39 is 0 Å². The summed E-state index contributed by atoms with van der Waals surface area (Å²) in [6, 6.07) is 5.93. The third-order valence-corrected chi connectivity index (χ3v) is 2.82. The van der Waals surface area contributed by atoms with Crippen LogP contribution in [0.3, 0.4) is 0 Å². The Morgan fingerprint density at radius 2 is 1.17 bits per heavy atom. The minimum Gasteiger partial charge on any atom is -0.461 e. The highest BCUT2D eigenvalue weighted by Crippen LogP contribution is 2.20. The van der Waals surface area contributed by atoms with Crippen molar-refractivity contribution in [3.8, 4) is 0 Å². The molecule has 3 rings (SSSR count). The molecule has 90 valence electrons. The number of benzene rings is 1. The molecule has 0 saturated carbocycles. The zero-order chi connectivity index (χ0) is 12.9. The summed E-state index contributed by atoms with van der Waals surface area (Å²) in [5, 5.41) is 0.786. The van der Waals surface area contributed by atoms with Gasteiger partial charge in [-0.15, -0.1) is 0 Å². The highest BCUT2D eigenvalue weighted by atomic mass is 16.3. The van der Waals surface area contributed by atoms with E-state index in [4.69, 9.17) is 8.83 Å². The maximum atomic E-state index is 11.8. The Hall–Kier alpha value is -2.36. The smallest absolute Gasteiger partial charge is 0.192 e. The molecule has 0 atom stereocenters. The first-order chi connectivity index (χ1) is 8.54. The number of aryl methyl sites for hydroxylation is 2. The van der Waals surface area contributed by atoms with E-state index in [2.05, 4.69) is 0 Å². The average molecular weight is 242 g/mol. The predicted molar refractivity (Wildman–Crippen MR) is 68.0 cm³/mol. The molecule has 0 aliphatic rings. The molecule has 0 saturated heterocycles. The normalized spacial score (nSPS) is 11.2. The van der Waals surface area contributed by atoms with E-state index in [0.29, 0.717) is 33.5 Å². The SMILES string of the molecule is Cc1cc(=O)c2cc3c(=O)cc(C)oc3cc2o1. The van der Waals surface area contributed by atoms with Crippen LogP contribution in [0, 0.1) is 13.8 Å². The highest BCUT2D eigenvalue weighted by Gasteiger charge is 2.08. The van der Waals surface area contributed by atoms with Gasteiger partial charge in [0, 0.05) is 18.2 Å². The quantitative estimate of drug-likeness (QED) is 0.568. The van der Waals surface area contributed by atoms with Crippen LogP contribution in [0.5, 0.6) is 0 Å². The molecule has 0 amide bonds. The van der Waals surface area contributed by atoms with Crippen LogP contribution in [-0.4, -0.2) is 0 Å². The maximum absolute atomic E-state index is 11.8. The third kappa shape index (κ3) is 1.54. The van der Waals surface area contributed by atoms with Gasteiger partial charge in [-0.1, -0.05) is 0 Å². The second-order valence-electron chi connectivity index (χ2n) is 4.29. The van der Waals surface area contributed by atoms with Gasteiger partial charge < -0.3 is 8.83 Å². The molecule has 0 unspecified atom stereocenters. The Bertz CT molecular complexity index is 813. The molecule has 2 aromatic heterocycles. The summed E-state index contributed by atoms with van der Waals surface area (Å²) in [5.41, 5.74) is 0.550. The minimum absolute atomic E-state index is 0.157. The zero-order valence-electron chi connectivity index (χ0n) is 9.94. The lowest BCUT2D eigenvalue weighted by Gasteiger charge is -2.02. The Balaban J connectivity index is 2.59. The zero-order valence-corrected chi connectivity index (χ0v) is 9.94. The monoisotopic (exact) mass is 242 g/mol. The predicted octanol–water partition coefficient (Wildman–Crippen LogP) is 2.52. The molecule has 0 spiro atoms. The van der Waals surface area contributed by atoms with Crippen LogP contribution in [0.25, 0.3) is 21.9 Å². The molecule has 0 aliphatic heterocycles. The van der Waals surface area contributed by atoms with Crippen LogP contribution in [0.15, 0.2) is 42.7 Å². The average Bonchev–Trinajstić information content (AvgIpc) is 2.26. The summed E-state index contributed by atoms with van der Waals surface area (Å²) < 4.78 is 10.9. The summed E-state index contributed by atoms with van der Waals surface area (Å²) in [4.78, 5) is 23.7. The van der Waals surface area contributed by atoms with Crippen LogP contribution in [-0.2, 0) is 0 Å². The fourth-order valence-electron chi connectivity index (χ4n) is 2.05. The van der Waals surface area contributed by atoms with Crippen molar-refractivity contribution >= 4 is 21.9 Å². The molecular formula is C14H10O4. The van der Waals surface area contributed by atoms with Crippen molar-refractivity contribution in [1.82, 2.24) is 0 Å². The molecule has 0 aliphatic carbocycles. The minimum atomic E-state index is -0.157. The van der Waals surface area contributed by atoms with E-state index in [1.807, 2.05) is 0 Å². The van der Waals surface area contributed by atoms with Gasteiger partial charge in [0.1, 0.15) is 22.7 Å². The Morgan fingerprint density at radius 3 is 1.61 bits per heavy atom. The molecule has 0 N–H and O–H groups in total. The van der Waals surface area contributed by atoms with Crippen molar-refractivity contribution in [3.63, 3.8) is 0 Å². The highest BCUT2D eigenvalue weighted by molar-refractivity contribution is 5.92. The Morgan fingerprint density at radius 1 is 0.722 bits per heavy atom. The molecule has 3 aromatic rings. The molecule has 2 heterocycles.